The van der Waals surface area contributed by atoms with Crippen LogP contribution in [0.15, 0.2) is 53.4 Å². The molecule has 0 bridgehead atoms. The third-order valence-corrected chi connectivity index (χ3v) is 6.58. The summed E-state index contributed by atoms with van der Waals surface area (Å²) in [5.74, 6) is 0.726. The summed E-state index contributed by atoms with van der Waals surface area (Å²) in [5.41, 5.74) is 2.28. The van der Waals surface area contributed by atoms with Crippen molar-refractivity contribution in [1.82, 2.24) is 9.80 Å². The maximum Gasteiger partial charge on any atom is 0.233 e. The van der Waals surface area contributed by atoms with Crippen LogP contribution in [0.25, 0.3) is 0 Å². The molecule has 2 amide bonds. The number of thioether (sulfide) groups is 1. The summed E-state index contributed by atoms with van der Waals surface area (Å²) < 4.78 is 0. The summed E-state index contributed by atoms with van der Waals surface area (Å²) in [6.45, 7) is 4.44. The van der Waals surface area contributed by atoms with Crippen LogP contribution in [0.2, 0.25) is 5.02 Å². The van der Waals surface area contributed by atoms with Crippen molar-refractivity contribution in [3.8, 4) is 0 Å². The Hall–Kier alpha value is -1.98. The average Bonchev–Trinajstić information content (AvgIpc) is 2.75. The van der Waals surface area contributed by atoms with Crippen LogP contribution in [-0.4, -0.2) is 53.5 Å². The number of amides is 2. The van der Waals surface area contributed by atoms with E-state index in [0.717, 1.165) is 28.3 Å². The van der Waals surface area contributed by atoms with Gasteiger partial charge in [0.05, 0.1) is 5.75 Å². The van der Waals surface area contributed by atoms with Gasteiger partial charge >= 0.3 is 0 Å². The van der Waals surface area contributed by atoms with Crippen LogP contribution in [0.4, 0.5) is 0 Å². The fourth-order valence-corrected chi connectivity index (χ4v) is 4.41. The summed E-state index contributed by atoms with van der Waals surface area (Å²) >= 11 is 7.58. The molecule has 2 aromatic carbocycles. The quantitative estimate of drug-likeness (QED) is 0.610. The molecule has 4 nitrogen and oxygen atoms in total. The average molecular weight is 431 g/mol. The number of hydrogen-bond acceptors (Lipinski definition) is 3. The van der Waals surface area contributed by atoms with E-state index in [-0.39, 0.29) is 11.8 Å². The van der Waals surface area contributed by atoms with Crippen LogP contribution < -0.4 is 0 Å². The Morgan fingerprint density at radius 2 is 1.62 bits per heavy atom. The highest BCUT2D eigenvalue weighted by atomic mass is 35.5. The number of piperazine rings is 1. The summed E-state index contributed by atoms with van der Waals surface area (Å²) in [5, 5.41) is 0.741. The number of aryl methyl sites for hydroxylation is 2. The molecule has 0 spiro atoms. The van der Waals surface area contributed by atoms with E-state index in [1.54, 1.807) is 0 Å². The van der Waals surface area contributed by atoms with Gasteiger partial charge in [-0.1, -0.05) is 41.9 Å². The molecule has 0 saturated carbocycles. The highest BCUT2D eigenvalue weighted by Gasteiger charge is 2.23. The molecular weight excluding hydrogens is 404 g/mol. The Kier molecular flexibility index (Phi) is 8.01. The van der Waals surface area contributed by atoms with E-state index in [4.69, 9.17) is 11.6 Å². The van der Waals surface area contributed by atoms with Gasteiger partial charge in [-0.05, 0) is 49.1 Å². The first-order valence-corrected chi connectivity index (χ1v) is 11.4. The number of hydrogen-bond donors (Lipinski definition) is 0. The van der Waals surface area contributed by atoms with Crippen molar-refractivity contribution in [2.45, 2.75) is 31.1 Å². The first-order chi connectivity index (χ1) is 14.0. The monoisotopic (exact) mass is 430 g/mol. The van der Waals surface area contributed by atoms with E-state index in [9.17, 15) is 9.59 Å². The minimum atomic E-state index is 0.124. The van der Waals surface area contributed by atoms with Gasteiger partial charge in [-0.2, -0.15) is 0 Å². The lowest BCUT2D eigenvalue weighted by Crippen LogP contribution is -2.51. The zero-order chi connectivity index (χ0) is 20.6. The molecular formula is C23H27ClN2O2S. The van der Waals surface area contributed by atoms with E-state index < -0.39 is 0 Å². The Morgan fingerprint density at radius 1 is 0.966 bits per heavy atom. The van der Waals surface area contributed by atoms with E-state index >= 15 is 0 Å². The van der Waals surface area contributed by atoms with Crippen molar-refractivity contribution in [2.75, 3.05) is 31.9 Å². The molecule has 1 fully saturated rings. The number of halogens is 1. The second kappa shape index (κ2) is 10.7. The van der Waals surface area contributed by atoms with Crippen molar-refractivity contribution >= 4 is 35.2 Å². The summed E-state index contributed by atoms with van der Waals surface area (Å²) in [6.07, 6.45) is 2.35. The molecule has 154 valence electrons. The van der Waals surface area contributed by atoms with Gasteiger partial charge in [-0.25, -0.2) is 0 Å². The molecule has 2 aromatic rings. The van der Waals surface area contributed by atoms with Crippen molar-refractivity contribution < 1.29 is 9.59 Å². The van der Waals surface area contributed by atoms with Gasteiger partial charge in [0, 0.05) is 42.5 Å². The highest BCUT2D eigenvalue weighted by molar-refractivity contribution is 8.00. The van der Waals surface area contributed by atoms with Crippen LogP contribution in [0.1, 0.15) is 24.0 Å². The second-order valence-electron chi connectivity index (χ2n) is 7.30. The van der Waals surface area contributed by atoms with Gasteiger partial charge in [0.2, 0.25) is 11.8 Å². The molecule has 1 aliphatic heterocycles. The fraction of sp³-hybridized carbons (Fsp3) is 0.391. The molecule has 0 N–H and O–H groups in total. The van der Waals surface area contributed by atoms with Gasteiger partial charge in [0.1, 0.15) is 0 Å². The standard InChI is InChI=1S/C23H27ClN2O2S/c1-18-16-20(10-11-21(18)24)29-17-23(28)26-14-12-25(13-15-26)22(27)9-5-8-19-6-3-2-4-7-19/h2-4,6-7,10-11,16H,5,8-9,12-15,17H2,1H3. The number of benzene rings is 2. The number of nitrogens with zero attached hydrogens (tertiary/aromatic N) is 2. The van der Waals surface area contributed by atoms with Gasteiger partial charge in [0.15, 0.2) is 0 Å². The molecule has 6 heteroatoms. The molecule has 1 aliphatic rings. The third kappa shape index (κ3) is 6.51. The fourth-order valence-electron chi connectivity index (χ4n) is 3.40. The van der Waals surface area contributed by atoms with Crippen molar-refractivity contribution in [3.05, 3.63) is 64.7 Å². The van der Waals surface area contributed by atoms with Gasteiger partial charge in [-0.15, -0.1) is 11.8 Å². The zero-order valence-corrected chi connectivity index (χ0v) is 18.3. The molecule has 3 rings (SSSR count). The van der Waals surface area contributed by atoms with E-state index in [2.05, 4.69) is 12.1 Å². The van der Waals surface area contributed by atoms with Gasteiger partial charge in [0.25, 0.3) is 0 Å². The van der Waals surface area contributed by atoms with Gasteiger partial charge in [-0.3, -0.25) is 9.59 Å². The maximum absolute atomic E-state index is 12.5. The largest absolute Gasteiger partial charge is 0.339 e. The smallest absolute Gasteiger partial charge is 0.233 e. The first-order valence-electron chi connectivity index (χ1n) is 10.0. The normalized spacial score (nSPS) is 14.1. The Labute approximate surface area is 182 Å². The second-order valence-corrected chi connectivity index (χ2v) is 8.76. The number of carbonyl (C=O) groups is 2. The Bertz CT molecular complexity index is 836. The summed E-state index contributed by atoms with van der Waals surface area (Å²) in [6, 6.07) is 16.1. The number of carbonyl (C=O) groups excluding carboxylic acids is 2. The summed E-state index contributed by atoms with van der Waals surface area (Å²) in [4.78, 5) is 29.8. The molecule has 0 aromatic heterocycles. The van der Waals surface area contributed by atoms with Crippen molar-refractivity contribution in [1.29, 1.82) is 0 Å². The van der Waals surface area contributed by atoms with Gasteiger partial charge < -0.3 is 9.80 Å². The third-order valence-electron chi connectivity index (χ3n) is 5.18. The molecule has 1 heterocycles. The van der Waals surface area contributed by atoms with Crippen LogP contribution in [0.3, 0.4) is 0 Å². The zero-order valence-electron chi connectivity index (χ0n) is 16.8. The molecule has 0 atom stereocenters. The lowest BCUT2D eigenvalue weighted by atomic mass is 10.1. The minimum Gasteiger partial charge on any atom is -0.339 e. The molecule has 0 aliphatic carbocycles. The molecule has 0 radical (unpaired) electrons. The predicted molar refractivity (Wildman–Crippen MR) is 119 cm³/mol. The van der Waals surface area contributed by atoms with E-state index in [0.29, 0.717) is 38.4 Å². The first kappa shape index (κ1) is 21.7. The van der Waals surface area contributed by atoms with Crippen LogP contribution in [0.5, 0.6) is 0 Å². The van der Waals surface area contributed by atoms with Crippen molar-refractivity contribution in [3.63, 3.8) is 0 Å². The number of rotatable bonds is 7. The topological polar surface area (TPSA) is 40.6 Å². The predicted octanol–water partition coefficient (Wildman–Crippen LogP) is 4.43. The van der Waals surface area contributed by atoms with Crippen LogP contribution in [0, 0.1) is 6.92 Å². The maximum atomic E-state index is 12.5. The van der Waals surface area contributed by atoms with Crippen LogP contribution in [-0.2, 0) is 16.0 Å². The van der Waals surface area contributed by atoms with E-state index in [1.165, 1.54) is 17.3 Å². The Balaban J connectivity index is 1.37. The van der Waals surface area contributed by atoms with E-state index in [1.807, 2.05) is 53.1 Å². The lowest BCUT2D eigenvalue weighted by molar-refractivity contribution is -0.138. The Morgan fingerprint density at radius 3 is 2.28 bits per heavy atom. The summed E-state index contributed by atoms with van der Waals surface area (Å²) in [7, 11) is 0. The van der Waals surface area contributed by atoms with Crippen LogP contribution >= 0.6 is 23.4 Å². The minimum absolute atomic E-state index is 0.124. The highest BCUT2D eigenvalue weighted by Crippen LogP contribution is 2.24. The molecule has 29 heavy (non-hydrogen) atoms. The lowest BCUT2D eigenvalue weighted by Gasteiger charge is -2.35. The van der Waals surface area contributed by atoms with Crippen molar-refractivity contribution in [2.24, 2.45) is 0 Å². The molecule has 0 unspecified atom stereocenters. The molecule has 1 saturated heterocycles. The SMILES string of the molecule is Cc1cc(SCC(=O)N2CCN(C(=O)CCCc3ccccc3)CC2)ccc1Cl.